The van der Waals surface area contributed by atoms with Gasteiger partial charge in [0.2, 0.25) is 0 Å². The highest BCUT2D eigenvalue weighted by molar-refractivity contribution is 5.92. The third kappa shape index (κ3) is 4.90. The standard InChI is InChI=1S/C54H42/c1-36-20-26-39(27-21-36)41-30-33-46-45-14-7-10-18-49(45)54(51(46)35-41,42-12-5-4-6-13-42)43-31-24-38(25-32-43)34-37-22-28-40(29-23-37)44-16-11-19-50-52(44)47-15-8-9-17-48(47)53(50,2)3/h4-33,35H,34H2,1-3H3. The minimum atomic E-state index is -0.433. The van der Waals surface area contributed by atoms with Crippen LogP contribution in [0.2, 0.25) is 0 Å². The van der Waals surface area contributed by atoms with Crippen LogP contribution in [0.15, 0.2) is 188 Å². The number of hydrogen-bond donors (Lipinski definition) is 0. The van der Waals surface area contributed by atoms with E-state index >= 15 is 0 Å². The molecule has 0 bridgehead atoms. The topological polar surface area (TPSA) is 0 Å². The number of rotatable bonds is 6. The van der Waals surface area contributed by atoms with E-state index in [0.717, 1.165) is 6.42 Å². The lowest BCUT2D eigenvalue weighted by Crippen LogP contribution is -2.28. The molecule has 10 rings (SSSR count). The van der Waals surface area contributed by atoms with Crippen LogP contribution in [0, 0.1) is 6.92 Å². The van der Waals surface area contributed by atoms with Gasteiger partial charge in [-0.1, -0.05) is 201 Å². The van der Waals surface area contributed by atoms with E-state index in [1.54, 1.807) is 0 Å². The summed E-state index contributed by atoms with van der Waals surface area (Å²) in [7, 11) is 0. The molecule has 0 radical (unpaired) electrons. The molecule has 1 unspecified atom stereocenters. The van der Waals surface area contributed by atoms with E-state index in [-0.39, 0.29) is 5.41 Å². The van der Waals surface area contributed by atoms with Gasteiger partial charge in [-0.05, 0) is 108 Å². The Labute approximate surface area is 319 Å². The van der Waals surface area contributed by atoms with E-state index in [9.17, 15) is 0 Å². The third-order valence-electron chi connectivity index (χ3n) is 12.3. The Morgan fingerprint density at radius 1 is 0.370 bits per heavy atom. The second-order valence-electron chi connectivity index (χ2n) is 15.8. The highest BCUT2D eigenvalue weighted by Gasteiger charge is 2.46. The Hall–Kier alpha value is -6.24. The largest absolute Gasteiger partial charge is 0.0713 e. The summed E-state index contributed by atoms with van der Waals surface area (Å²) in [6.07, 6.45) is 0.881. The molecule has 2 aliphatic rings. The van der Waals surface area contributed by atoms with Gasteiger partial charge < -0.3 is 0 Å². The highest BCUT2D eigenvalue weighted by Crippen LogP contribution is 2.57. The first-order valence-electron chi connectivity index (χ1n) is 19.2. The Morgan fingerprint density at radius 2 is 0.907 bits per heavy atom. The zero-order valence-electron chi connectivity index (χ0n) is 31.1. The van der Waals surface area contributed by atoms with E-state index in [0.29, 0.717) is 0 Å². The molecule has 0 aromatic heterocycles. The normalized spacial score (nSPS) is 16.0. The summed E-state index contributed by atoms with van der Waals surface area (Å²) < 4.78 is 0. The molecular weight excluding hydrogens is 649 g/mol. The Kier molecular flexibility index (Phi) is 7.46. The molecule has 8 aromatic rings. The van der Waals surface area contributed by atoms with Crippen molar-refractivity contribution in [2.75, 3.05) is 0 Å². The predicted octanol–water partition coefficient (Wildman–Crippen LogP) is 13.6. The molecule has 0 saturated heterocycles. The molecule has 0 aliphatic heterocycles. The van der Waals surface area contributed by atoms with Gasteiger partial charge in [0, 0.05) is 5.41 Å². The van der Waals surface area contributed by atoms with Crippen LogP contribution in [-0.4, -0.2) is 0 Å². The van der Waals surface area contributed by atoms with Crippen LogP contribution in [-0.2, 0) is 17.3 Å². The van der Waals surface area contributed by atoms with Crippen molar-refractivity contribution in [1.82, 2.24) is 0 Å². The van der Waals surface area contributed by atoms with Gasteiger partial charge in [0.05, 0.1) is 5.41 Å². The lowest BCUT2D eigenvalue weighted by molar-refractivity contribution is 0.660. The van der Waals surface area contributed by atoms with Gasteiger partial charge in [-0.2, -0.15) is 0 Å². The Balaban J connectivity index is 1.02. The Bertz CT molecular complexity index is 2680. The number of fused-ring (bicyclic) bond motifs is 6. The smallest absolute Gasteiger partial charge is 0.0622 e. The van der Waals surface area contributed by atoms with Crippen molar-refractivity contribution in [1.29, 1.82) is 0 Å². The first-order valence-corrected chi connectivity index (χ1v) is 19.2. The summed E-state index contributed by atoms with van der Waals surface area (Å²) in [6, 6.07) is 70.6. The fraction of sp³-hybridized carbons (Fsp3) is 0.111. The molecule has 54 heavy (non-hydrogen) atoms. The molecular formula is C54H42. The summed E-state index contributed by atoms with van der Waals surface area (Å²) in [5, 5.41) is 0. The van der Waals surface area contributed by atoms with Gasteiger partial charge in [-0.15, -0.1) is 0 Å². The van der Waals surface area contributed by atoms with Crippen LogP contribution in [0.4, 0.5) is 0 Å². The summed E-state index contributed by atoms with van der Waals surface area (Å²) in [5.74, 6) is 0. The first-order chi connectivity index (χ1) is 26.4. The second kappa shape index (κ2) is 12.4. The molecule has 0 heteroatoms. The number of benzene rings is 8. The zero-order chi connectivity index (χ0) is 36.4. The third-order valence-corrected chi connectivity index (χ3v) is 12.3. The van der Waals surface area contributed by atoms with Crippen LogP contribution < -0.4 is 0 Å². The van der Waals surface area contributed by atoms with Gasteiger partial charge in [0.1, 0.15) is 0 Å². The number of aryl methyl sites for hydroxylation is 1. The molecule has 0 nitrogen and oxygen atoms in total. The summed E-state index contributed by atoms with van der Waals surface area (Å²) in [4.78, 5) is 0. The van der Waals surface area contributed by atoms with Crippen LogP contribution in [0.5, 0.6) is 0 Å². The second-order valence-corrected chi connectivity index (χ2v) is 15.8. The molecule has 8 aromatic carbocycles. The molecule has 2 aliphatic carbocycles. The van der Waals surface area contributed by atoms with Gasteiger partial charge in [-0.3, -0.25) is 0 Å². The van der Waals surface area contributed by atoms with Crippen LogP contribution in [0.25, 0.3) is 44.5 Å². The SMILES string of the molecule is Cc1ccc(-c2ccc3c(c2)C(c2ccccc2)(c2ccc(Cc4ccc(-c5cccc6c5-c5ccccc5C6(C)C)cc4)cc2)c2ccccc2-3)cc1. The molecule has 258 valence electrons. The van der Waals surface area contributed by atoms with E-state index < -0.39 is 5.41 Å². The summed E-state index contributed by atoms with van der Waals surface area (Å²) in [5.41, 5.74) is 22.0. The van der Waals surface area contributed by atoms with Gasteiger partial charge in [-0.25, -0.2) is 0 Å². The fourth-order valence-corrected chi connectivity index (χ4v) is 9.59. The molecule has 1 atom stereocenters. The van der Waals surface area contributed by atoms with Crippen molar-refractivity contribution in [2.24, 2.45) is 0 Å². The molecule has 0 spiro atoms. The van der Waals surface area contributed by atoms with Crippen molar-refractivity contribution in [3.05, 3.63) is 238 Å². The fourth-order valence-electron chi connectivity index (χ4n) is 9.59. The van der Waals surface area contributed by atoms with Crippen molar-refractivity contribution in [3.63, 3.8) is 0 Å². The van der Waals surface area contributed by atoms with E-state index in [1.165, 1.54) is 94.6 Å². The van der Waals surface area contributed by atoms with Gasteiger partial charge in [0.15, 0.2) is 0 Å². The Morgan fingerprint density at radius 3 is 1.65 bits per heavy atom. The average molecular weight is 691 g/mol. The van der Waals surface area contributed by atoms with E-state index in [4.69, 9.17) is 0 Å². The number of hydrogen-bond acceptors (Lipinski definition) is 0. The van der Waals surface area contributed by atoms with Crippen LogP contribution in [0.1, 0.15) is 63.9 Å². The highest BCUT2D eigenvalue weighted by atomic mass is 14.5. The lowest BCUT2D eigenvalue weighted by Gasteiger charge is -2.34. The molecule has 0 amide bonds. The van der Waals surface area contributed by atoms with Crippen molar-refractivity contribution >= 4 is 0 Å². The minimum absolute atomic E-state index is 0.000824. The summed E-state index contributed by atoms with van der Waals surface area (Å²) in [6.45, 7) is 6.85. The van der Waals surface area contributed by atoms with Crippen molar-refractivity contribution < 1.29 is 0 Å². The maximum Gasteiger partial charge on any atom is 0.0713 e. The van der Waals surface area contributed by atoms with E-state index in [1.807, 2.05) is 0 Å². The van der Waals surface area contributed by atoms with Gasteiger partial charge in [0.25, 0.3) is 0 Å². The first kappa shape index (κ1) is 32.4. The minimum Gasteiger partial charge on any atom is -0.0622 e. The molecule has 0 saturated carbocycles. The van der Waals surface area contributed by atoms with Crippen molar-refractivity contribution in [2.45, 2.75) is 38.0 Å². The molecule has 0 heterocycles. The van der Waals surface area contributed by atoms with Crippen LogP contribution >= 0.6 is 0 Å². The van der Waals surface area contributed by atoms with Crippen molar-refractivity contribution in [3.8, 4) is 44.5 Å². The predicted molar refractivity (Wildman–Crippen MR) is 226 cm³/mol. The van der Waals surface area contributed by atoms with E-state index in [2.05, 4.69) is 209 Å². The quantitative estimate of drug-likeness (QED) is 0.163. The zero-order valence-corrected chi connectivity index (χ0v) is 31.1. The molecule has 0 fully saturated rings. The summed E-state index contributed by atoms with van der Waals surface area (Å²) >= 11 is 0. The van der Waals surface area contributed by atoms with Crippen LogP contribution in [0.3, 0.4) is 0 Å². The average Bonchev–Trinajstić information content (AvgIpc) is 3.65. The lowest BCUT2D eigenvalue weighted by atomic mass is 9.67. The maximum absolute atomic E-state index is 2.45. The monoisotopic (exact) mass is 690 g/mol. The van der Waals surface area contributed by atoms with Gasteiger partial charge >= 0.3 is 0 Å². The molecule has 0 N–H and O–H groups in total. The maximum atomic E-state index is 2.45.